The molecule has 0 aliphatic carbocycles. The summed E-state index contributed by atoms with van der Waals surface area (Å²) >= 11 is 6.03. The van der Waals surface area contributed by atoms with Crippen molar-refractivity contribution in [3.63, 3.8) is 0 Å². The van der Waals surface area contributed by atoms with Crippen LogP contribution in [0.4, 0.5) is 0 Å². The van der Waals surface area contributed by atoms with Gasteiger partial charge in [0.05, 0.1) is 0 Å². The van der Waals surface area contributed by atoms with E-state index in [4.69, 9.17) is 11.6 Å². The molecule has 1 fully saturated rings. The van der Waals surface area contributed by atoms with Crippen molar-refractivity contribution in [3.8, 4) is 0 Å². The first-order valence-electron chi connectivity index (χ1n) is 6.12. The first-order chi connectivity index (χ1) is 8.66. The van der Waals surface area contributed by atoms with Gasteiger partial charge in [-0.05, 0) is 24.6 Å². The van der Waals surface area contributed by atoms with E-state index in [9.17, 15) is 4.79 Å². The quantitative estimate of drug-likeness (QED) is 0.831. The SMILES string of the molecule is CC1CN(C(=O)C=Cc2ccccc2Cl)CCN1. The Morgan fingerprint density at radius 2 is 2.28 bits per heavy atom. The molecule has 0 radical (unpaired) electrons. The normalized spacial score (nSPS) is 20.3. The molecule has 1 unspecified atom stereocenters. The first kappa shape index (κ1) is 13.1. The highest BCUT2D eigenvalue weighted by atomic mass is 35.5. The predicted octanol–water partition coefficient (Wildman–Crippen LogP) is 2.17. The molecule has 1 aliphatic heterocycles. The van der Waals surface area contributed by atoms with Gasteiger partial charge in [-0.3, -0.25) is 4.79 Å². The largest absolute Gasteiger partial charge is 0.336 e. The second kappa shape index (κ2) is 6.03. The highest BCUT2D eigenvalue weighted by Crippen LogP contribution is 2.16. The molecule has 96 valence electrons. The Bertz CT molecular complexity index is 459. The summed E-state index contributed by atoms with van der Waals surface area (Å²) in [7, 11) is 0. The van der Waals surface area contributed by atoms with Crippen LogP contribution < -0.4 is 5.32 Å². The Morgan fingerprint density at radius 3 is 3.00 bits per heavy atom. The molecule has 1 N–H and O–H groups in total. The van der Waals surface area contributed by atoms with Crippen molar-refractivity contribution in [2.24, 2.45) is 0 Å². The van der Waals surface area contributed by atoms with Gasteiger partial charge in [-0.1, -0.05) is 29.8 Å². The molecule has 0 saturated carbocycles. The minimum atomic E-state index is 0.0447. The molecule has 2 rings (SSSR count). The number of piperazine rings is 1. The fraction of sp³-hybridized carbons (Fsp3) is 0.357. The molecule has 4 heteroatoms. The second-order valence-corrected chi connectivity index (χ2v) is 4.90. The van der Waals surface area contributed by atoms with E-state index in [0.29, 0.717) is 11.1 Å². The first-order valence-corrected chi connectivity index (χ1v) is 6.49. The van der Waals surface area contributed by atoms with Gasteiger partial charge < -0.3 is 10.2 Å². The molecule has 0 spiro atoms. The van der Waals surface area contributed by atoms with E-state index in [1.165, 1.54) is 0 Å². The highest BCUT2D eigenvalue weighted by Gasteiger charge is 2.18. The van der Waals surface area contributed by atoms with Gasteiger partial charge in [-0.15, -0.1) is 0 Å². The third kappa shape index (κ3) is 3.34. The number of nitrogens with zero attached hydrogens (tertiary/aromatic N) is 1. The highest BCUT2D eigenvalue weighted by molar-refractivity contribution is 6.32. The van der Waals surface area contributed by atoms with Gasteiger partial charge in [-0.25, -0.2) is 0 Å². The Hall–Kier alpha value is -1.32. The maximum Gasteiger partial charge on any atom is 0.246 e. The van der Waals surface area contributed by atoms with Gasteiger partial charge in [0.25, 0.3) is 0 Å². The van der Waals surface area contributed by atoms with Gasteiger partial charge in [0, 0.05) is 36.8 Å². The van der Waals surface area contributed by atoms with Crippen LogP contribution in [0.5, 0.6) is 0 Å². The molecule has 0 aromatic heterocycles. The Kier molecular flexibility index (Phi) is 4.39. The van der Waals surface area contributed by atoms with Crippen LogP contribution in [0.3, 0.4) is 0 Å². The van der Waals surface area contributed by atoms with E-state index in [2.05, 4.69) is 12.2 Å². The molecular formula is C14H17ClN2O. The van der Waals surface area contributed by atoms with E-state index in [1.807, 2.05) is 29.2 Å². The standard InChI is InChI=1S/C14H17ClN2O/c1-11-10-17(9-8-16-11)14(18)7-6-12-4-2-3-5-13(12)15/h2-7,11,16H,8-10H2,1H3. The van der Waals surface area contributed by atoms with Crippen LogP contribution in [0.1, 0.15) is 12.5 Å². The van der Waals surface area contributed by atoms with E-state index in [0.717, 1.165) is 25.2 Å². The molecule has 18 heavy (non-hydrogen) atoms. The number of nitrogens with one attached hydrogen (secondary N) is 1. The topological polar surface area (TPSA) is 32.3 Å². The fourth-order valence-electron chi connectivity index (χ4n) is 2.01. The van der Waals surface area contributed by atoms with Crippen LogP contribution in [0.15, 0.2) is 30.3 Å². The summed E-state index contributed by atoms with van der Waals surface area (Å²) in [6.45, 7) is 4.45. The number of amides is 1. The summed E-state index contributed by atoms with van der Waals surface area (Å²) in [5.41, 5.74) is 0.871. The van der Waals surface area contributed by atoms with Crippen molar-refractivity contribution in [3.05, 3.63) is 40.9 Å². The van der Waals surface area contributed by atoms with Crippen LogP contribution in [-0.2, 0) is 4.79 Å². The summed E-state index contributed by atoms with van der Waals surface area (Å²) in [6, 6.07) is 7.85. The number of hydrogen-bond donors (Lipinski definition) is 1. The van der Waals surface area contributed by atoms with Crippen molar-refractivity contribution in [2.45, 2.75) is 13.0 Å². The molecule has 1 atom stereocenters. The van der Waals surface area contributed by atoms with Crippen molar-refractivity contribution < 1.29 is 4.79 Å². The average molecular weight is 265 g/mol. The van der Waals surface area contributed by atoms with Crippen LogP contribution in [0.2, 0.25) is 5.02 Å². The lowest BCUT2D eigenvalue weighted by Gasteiger charge is -2.31. The molecule has 1 aliphatic rings. The zero-order valence-electron chi connectivity index (χ0n) is 10.4. The molecule has 1 heterocycles. The summed E-state index contributed by atoms with van der Waals surface area (Å²) in [5.74, 6) is 0.0447. The summed E-state index contributed by atoms with van der Waals surface area (Å²) in [5, 5.41) is 3.97. The molecule has 1 aromatic carbocycles. The summed E-state index contributed by atoms with van der Waals surface area (Å²) < 4.78 is 0. The van der Waals surface area contributed by atoms with Crippen molar-refractivity contribution >= 4 is 23.6 Å². The van der Waals surface area contributed by atoms with Crippen molar-refractivity contribution in [2.75, 3.05) is 19.6 Å². The number of carbonyl (C=O) groups excluding carboxylic acids is 1. The Morgan fingerprint density at radius 1 is 1.50 bits per heavy atom. The molecule has 0 bridgehead atoms. The maximum absolute atomic E-state index is 12.0. The van der Waals surface area contributed by atoms with Crippen LogP contribution in [-0.4, -0.2) is 36.5 Å². The Balaban J connectivity index is 2.01. The minimum Gasteiger partial charge on any atom is -0.336 e. The van der Waals surface area contributed by atoms with E-state index >= 15 is 0 Å². The van der Waals surface area contributed by atoms with E-state index in [1.54, 1.807) is 12.2 Å². The number of halogens is 1. The summed E-state index contributed by atoms with van der Waals surface area (Å²) in [6.07, 6.45) is 3.37. The van der Waals surface area contributed by atoms with Gasteiger partial charge >= 0.3 is 0 Å². The number of rotatable bonds is 2. The Labute approximate surface area is 112 Å². The molecule has 1 amide bonds. The van der Waals surface area contributed by atoms with Crippen LogP contribution in [0, 0.1) is 0 Å². The van der Waals surface area contributed by atoms with Gasteiger partial charge in [0.2, 0.25) is 5.91 Å². The monoisotopic (exact) mass is 264 g/mol. The third-order valence-electron chi connectivity index (χ3n) is 2.99. The second-order valence-electron chi connectivity index (χ2n) is 4.49. The molecular weight excluding hydrogens is 248 g/mol. The van der Waals surface area contributed by atoms with Gasteiger partial charge in [0.15, 0.2) is 0 Å². The molecule has 1 aromatic rings. The van der Waals surface area contributed by atoms with E-state index < -0.39 is 0 Å². The lowest BCUT2D eigenvalue weighted by molar-refractivity contribution is -0.127. The number of carbonyl (C=O) groups is 1. The minimum absolute atomic E-state index is 0.0447. The zero-order chi connectivity index (χ0) is 13.0. The maximum atomic E-state index is 12.0. The van der Waals surface area contributed by atoms with Crippen molar-refractivity contribution in [1.29, 1.82) is 0 Å². The molecule has 3 nitrogen and oxygen atoms in total. The van der Waals surface area contributed by atoms with E-state index in [-0.39, 0.29) is 5.91 Å². The summed E-state index contributed by atoms with van der Waals surface area (Å²) in [4.78, 5) is 13.9. The fourth-order valence-corrected chi connectivity index (χ4v) is 2.21. The average Bonchev–Trinajstić information content (AvgIpc) is 2.37. The van der Waals surface area contributed by atoms with Gasteiger partial charge in [-0.2, -0.15) is 0 Å². The smallest absolute Gasteiger partial charge is 0.246 e. The van der Waals surface area contributed by atoms with Crippen molar-refractivity contribution in [1.82, 2.24) is 10.2 Å². The van der Waals surface area contributed by atoms with Gasteiger partial charge in [0.1, 0.15) is 0 Å². The molecule has 1 saturated heterocycles. The lowest BCUT2D eigenvalue weighted by Crippen LogP contribution is -2.50. The zero-order valence-corrected chi connectivity index (χ0v) is 11.2. The van der Waals surface area contributed by atoms with Crippen LogP contribution >= 0.6 is 11.6 Å². The number of hydrogen-bond acceptors (Lipinski definition) is 2. The third-order valence-corrected chi connectivity index (χ3v) is 3.34. The van der Waals surface area contributed by atoms with Crippen LogP contribution in [0.25, 0.3) is 6.08 Å². The predicted molar refractivity (Wildman–Crippen MR) is 74.5 cm³/mol. The lowest BCUT2D eigenvalue weighted by atomic mass is 10.2. The number of benzene rings is 1.